The third kappa shape index (κ3) is 5.10. The Bertz CT molecular complexity index is 1260. The van der Waals surface area contributed by atoms with Crippen LogP contribution < -0.4 is 10.2 Å². The maximum Gasteiger partial charge on any atom is 0.249 e. The number of carbonyl (C=O) groups excluding carboxylic acids is 2. The Labute approximate surface area is 195 Å². The fourth-order valence-electron chi connectivity index (χ4n) is 3.70. The molecule has 0 unspecified atom stereocenters. The van der Waals surface area contributed by atoms with Crippen molar-refractivity contribution in [2.45, 2.75) is 12.6 Å². The molecule has 1 aromatic heterocycles. The molecule has 4 aromatic rings. The van der Waals surface area contributed by atoms with E-state index in [0.717, 1.165) is 0 Å². The molecular weight excluding hydrogens is 437 g/mol. The molecule has 8 nitrogen and oxygen atoms in total. The molecule has 1 heterocycles. The SMILES string of the molecule is COCCNC(=O)[C@H](c1ccc(F)cc1)N(C(=O)Cn1nnc2ccccc21)c1ccccc1. The number of benzene rings is 3. The van der Waals surface area contributed by atoms with Crippen LogP contribution in [0.15, 0.2) is 78.9 Å². The van der Waals surface area contributed by atoms with Crippen molar-refractivity contribution in [2.75, 3.05) is 25.2 Å². The van der Waals surface area contributed by atoms with E-state index in [0.29, 0.717) is 28.9 Å². The van der Waals surface area contributed by atoms with E-state index < -0.39 is 17.8 Å². The quantitative estimate of drug-likeness (QED) is 0.387. The number of halogens is 1. The van der Waals surface area contributed by atoms with Crippen LogP contribution in [0.5, 0.6) is 0 Å². The fraction of sp³-hybridized carbons (Fsp3) is 0.200. The molecule has 0 aliphatic carbocycles. The zero-order valence-corrected chi connectivity index (χ0v) is 18.6. The number of nitrogens with one attached hydrogen (secondary N) is 1. The van der Waals surface area contributed by atoms with Gasteiger partial charge in [0.25, 0.3) is 0 Å². The number of aromatic nitrogens is 3. The summed E-state index contributed by atoms with van der Waals surface area (Å²) in [5, 5.41) is 11.0. The van der Waals surface area contributed by atoms with E-state index in [4.69, 9.17) is 4.74 Å². The maximum atomic E-state index is 13.7. The van der Waals surface area contributed by atoms with Crippen LogP contribution >= 0.6 is 0 Å². The second-order valence-electron chi connectivity index (χ2n) is 7.57. The van der Waals surface area contributed by atoms with E-state index in [2.05, 4.69) is 15.6 Å². The van der Waals surface area contributed by atoms with E-state index in [1.54, 1.807) is 24.3 Å². The number of ether oxygens (including phenoxy) is 1. The molecule has 0 spiro atoms. The molecule has 1 N–H and O–H groups in total. The minimum atomic E-state index is -1.04. The van der Waals surface area contributed by atoms with E-state index >= 15 is 0 Å². The first-order chi connectivity index (χ1) is 16.6. The Hall–Kier alpha value is -4.11. The molecule has 0 aliphatic rings. The summed E-state index contributed by atoms with van der Waals surface area (Å²) in [5.74, 6) is -1.23. The van der Waals surface area contributed by atoms with Crippen molar-refractivity contribution in [3.8, 4) is 0 Å². The molecule has 9 heteroatoms. The lowest BCUT2D eigenvalue weighted by atomic mass is 10.0. The van der Waals surface area contributed by atoms with Crippen LogP contribution in [0.1, 0.15) is 11.6 Å². The van der Waals surface area contributed by atoms with Crippen molar-refractivity contribution in [1.29, 1.82) is 0 Å². The largest absolute Gasteiger partial charge is 0.383 e. The van der Waals surface area contributed by atoms with Crippen molar-refractivity contribution < 1.29 is 18.7 Å². The summed E-state index contributed by atoms with van der Waals surface area (Å²) in [5.41, 5.74) is 2.35. The van der Waals surface area contributed by atoms with E-state index in [9.17, 15) is 14.0 Å². The highest BCUT2D eigenvalue weighted by Gasteiger charge is 2.33. The first kappa shape index (κ1) is 23.1. The highest BCUT2D eigenvalue weighted by molar-refractivity contribution is 6.01. The van der Waals surface area contributed by atoms with Crippen molar-refractivity contribution in [3.63, 3.8) is 0 Å². The van der Waals surface area contributed by atoms with Gasteiger partial charge < -0.3 is 10.1 Å². The van der Waals surface area contributed by atoms with Gasteiger partial charge in [0.1, 0.15) is 23.9 Å². The van der Waals surface area contributed by atoms with Gasteiger partial charge >= 0.3 is 0 Å². The molecule has 34 heavy (non-hydrogen) atoms. The molecule has 0 saturated heterocycles. The van der Waals surface area contributed by atoms with Gasteiger partial charge in [-0.1, -0.05) is 47.7 Å². The normalized spacial score (nSPS) is 11.8. The summed E-state index contributed by atoms with van der Waals surface area (Å²) in [7, 11) is 1.53. The van der Waals surface area contributed by atoms with Crippen LogP contribution in [0, 0.1) is 5.82 Å². The number of amides is 2. The Morgan fingerprint density at radius 3 is 2.47 bits per heavy atom. The zero-order valence-electron chi connectivity index (χ0n) is 18.6. The lowest BCUT2D eigenvalue weighted by Gasteiger charge is -2.31. The van der Waals surface area contributed by atoms with Gasteiger partial charge in [0.15, 0.2) is 0 Å². The first-order valence-corrected chi connectivity index (χ1v) is 10.8. The Morgan fingerprint density at radius 2 is 1.74 bits per heavy atom. The summed E-state index contributed by atoms with van der Waals surface area (Å²) in [6, 6.07) is 20.7. The maximum absolute atomic E-state index is 13.7. The van der Waals surface area contributed by atoms with Crippen LogP contribution in [-0.4, -0.2) is 47.1 Å². The number of hydrogen-bond acceptors (Lipinski definition) is 5. The zero-order chi connectivity index (χ0) is 23.9. The predicted octanol–water partition coefficient (Wildman–Crippen LogP) is 3.11. The predicted molar refractivity (Wildman–Crippen MR) is 125 cm³/mol. The highest BCUT2D eigenvalue weighted by atomic mass is 19.1. The minimum Gasteiger partial charge on any atom is -0.383 e. The van der Waals surface area contributed by atoms with Gasteiger partial charge in [0.05, 0.1) is 12.1 Å². The summed E-state index contributed by atoms with van der Waals surface area (Å²) < 4.78 is 20.2. The number of para-hydroxylation sites is 2. The average Bonchev–Trinajstić information content (AvgIpc) is 3.26. The van der Waals surface area contributed by atoms with Gasteiger partial charge in [0, 0.05) is 19.3 Å². The molecule has 0 bridgehead atoms. The van der Waals surface area contributed by atoms with Crippen molar-refractivity contribution >= 4 is 28.5 Å². The van der Waals surface area contributed by atoms with E-state index in [1.165, 1.54) is 41.0 Å². The van der Waals surface area contributed by atoms with Crippen LogP contribution in [0.25, 0.3) is 11.0 Å². The van der Waals surface area contributed by atoms with Crippen LogP contribution in [0.4, 0.5) is 10.1 Å². The summed E-state index contributed by atoms with van der Waals surface area (Å²) in [6.07, 6.45) is 0. The lowest BCUT2D eigenvalue weighted by molar-refractivity contribution is -0.127. The molecular formula is C25H24FN5O3. The number of fused-ring (bicyclic) bond motifs is 1. The number of nitrogens with zero attached hydrogens (tertiary/aromatic N) is 4. The van der Waals surface area contributed by atoms with Crippen LogP contribution in [-0.2, 0) is 20.9 Å². The molecule has 4 rings (SSSR count). The second kappa shape index (κ2) is 10.7. The smallest absolute Gasteiger partial charge is 0.249 e. The molecule has 1 atom stereocenters. The highest BCUT2D eigenvalue weighted by Crippen LogP contribution is 2.29. The number of methoxy groups -OCH3 is 1. The summed E-state index contributed by atoms with van der Waals surface area (Å²) in [4.78, 5) is 28.5. The first-order valence-electron chi connectivity index (χ1n) is 10.8. The number of rotatable bonds is 9. The molecule has 3 aromatic carbocycles. The topological polar surface area (TPSA) is 89.4 Å². The third-order valence-electron chi connectivity index (χ3n) is 5.31. The van der Waals surface area contributed by atoms with Crippen molar-refractivity contribution in [1.82, 2.24) is 20.3 Å². The number of anilines is 1. The third-order valence-corrected chi connectivity index (χ3v) is 5.31. The number of carbonyl (C=O) groups is 2. The van der Waals surface area contributed by atoms with Crippen molar-refractivity contribution in [3.05, 3.63) is 90.2 Å². The molecule has 0 radical (unpaired) electrons. The molecule has 0 saturated carbocycles. The monoisotopic (exact) mass is 461 g/mol. The van der Waals surface area contributed by atoms with Gasteiger partial charge in [-0.3, -0.25) is 14.5 Å². The van der Waals surface area contributed by atoms with Gasteiger partial charge in [0.2, 0.25) is 11.8 Å². The summed E-state index contributed by atoms with van der Waals surface area (Å²) >= 11 is 0. The average molecular weight is 461 g/mol. The van der Waals surface area contributed by atoms with E-state index in [-0.39, 0.29) is 19.0 Å². The van der Waals surface area contributed by atoms with E-state index in [1.807, 2.05) is 30.3 Å². The van der Waals surface area contributed by atoms with Gasteiger partial charge in [-0.25, -0.2) is 9.07 Å². The van der Waals surface area contributed by atoms with Crippen molar-refractivity contribution in [2.24, 2.45) is 0 Å². The fourth-order valence-corrected chi connectivity index (χ4v) is 3.70. The molecule has 0 fully saturated rings. The standard InChI is InChI=1S/C25H24FN5O3/c1-34-16-15-27-25(33)24(18-11-13-19(26)14-12-18)31(20-7-3-2-4-8-20)23(32)17-30-22-10-6-5-9-21(22)28-29-30/h2-14,24H,15-17H2,1H3,(H,27,33)/t24-/m0/s1. The lowest BCUT2D eigenvalue weighted by Crippen LogP contribution is -2.46. The number of hydrogen-bond donors (Lipinski definition) is 1. The molecule has 2 amide bonds. The Kier molecular flexibility index (Phi) is 7.24. The Morgan fingerprint density at radius 1 is 1.03 bits per heavy atom. The van der Waals surface area contributed by atoms with Gasteiger partial charge in [-0.2, -0.15) is 0 Å². The Balaban J connectivity index is 1.75. The van der Waals surface area contributed by atoms with Crippen LogP contribution in [0.2, 0.25) is 0 Å². The second-order valence-corrected chi connectivity index (χ2v) is 7.57. The van der Waals surface area contributed by atoms with Gasteiger partial charge in [-0.05, 0) is 42.0 Å². The molecule has 174 valence electrons. The van der Waals surface area contributed by atoms with Gasteiger partial charge in [-0.15, -0.1) is 5.10 Å². The minimum absolute atomic E-state index is 0.140. The summed E-state index contributed by atoms with van der Waals surface area (Å²) in [6.45, 7) is 0.433. The van der Waals surface area contributed by atoms with Crippen LogP contribution in [0.3, 0.4) is 0 Å². The molecule has 0 aliphatic heterocycles.